The molecule has 66 valence electrons. The highest BCUT2D eigenvalue weighted by Gasteiger charge is 2.02. The highest BCUT2D eigenvalue weighted by atomic mass is 35.5. The Balaban J connectivity index is 3.14. The van der Waals surface area contributed by atoms with Gasteiger partial charge in [-0.3, -0.25) is 8.42 Å². The number of hydrogen-bond donors (Lipinski definition) is 0. The summed E-state index contributed by atoms with van der Waals surface area (Å²) >= 11 is 10.7. The Morgan fingerprint density at radius 1 is 1.17 bits per heavy atom. The van der Waals surface area contributed by atoms with E-state index in [1.807, 2.05) is 0 Å². The maximum atomic E-state index is 11.1. The lowest BCUT2D eigenvalue weighted by Gasteiger charge is -2.06. The highest BCUT2D eigenvalue weighted by Crippen LogP contribution is 2.17. The molecule has 0 N–H and O–H groups in total. The third kappa shape index (κ3) is 2.12. The highest BCUT2D eigenvalue weighted by molar-refractivity contribution is 7.94. The molecule has 1 aromatic rings. The van der Waals surface area contributed by atoms with Crippen LogP contribution in [0.4, 0.5) is 0 Å². The molecule has 0 radical (unpaired) electrons. The normalized spacial score (nSPS) is 11.5. The van der Waals surface area contributed by atoms with Crippen molar-refractivity contribution in [2.24, 2.45) is 0 Å². The lowest BCUT2D eigenvalue weighted by atomic mass is 10.4. The third-order valence-electron chi connectivity index (χ3n) is 1.26. The summed E-state index contributed by atoms with van der Waals surface area (Å²) in [6.07, 6.45) is 0. The van der Waals surface area contributed by atoms with Gasteiger partial charge in [0.25, 0.3) is 0 Å². The van der Waals surface area contributed by atoms with Crippen LogP contribution in [0.5, 0.6) is 0 Å². The van der Waals surface area contributed by atoms with E-state index in [1.54, 1.807) is 0 Å². The van der Waals surface area contributed by atoms with Gasteiger partial charge in [0.2, 0.25) is 0 Å². The fourth-order valence-corrected chi connectivity index (χ4v) is 1.73. The number of hydrogen-bond acceptors (Lipinski definition) is 2. The molecular weight excluding hydrogens is 219 g/mol. The summed E-state index contributed by atoms with van der Waals surface area (Å²) in [6.45, 7) is 0. The van der Waals surface area contributed by atoms with E-state index in [0.29, 0.717) is 10.2 Å². The topological polar surface area (TPSA) is 34.1 Å². The summed E-state index contributed by atoms with van der Waals surface area (Å²) in [7, 11) is -3.43. The largest absolute Gasteiger partial charge is 0.332 e. The Hall–Kier alpha value is -0.250. The fourth-order valence-electron chi connectivity index (χ4n) is 0.676. The lowest BCUT2D eigenvalue weighted by molar-refractivity contribution is 0.603. The van der Waals surface area contributed by atoms with Crippen molar-refractivity contribution in [3.05, 3.63) is 34.5 Å². The molecule has 5 heteroatoms. The summed E-state index contributed by atoms with van der Waals surface area (Å²) in [6, 6.07) is 5.79. The van der Waals surface area contributed by atoms with Gasteiger partial charge >= 0.3 is 0 Å². The van der Waals surface area contributed by atoms with E-state index in [-0.39, 0.29) is 4.90 Å². The molecule has 0 heterocycles. The summed E-state index contributed by atoms with van der Waals surface area (Å²) in [4.78, 5) is 0.141. The van der Waals surface area contributed by atoms with E-state index in [9.17, 15) is 8.42 Å². The standard InChI is InChI=1S/C7H5Cl2O2S/c8-5-12(10,11)7-3-1-6(9)2-4-7/h1-5H/q-1. The lowest BCUT2D eigenvalue weighted by Crippen LogP contribution is -1.96. The minimum Gasteiger partial charge on any atom is -0.332 e. The Kier molecular flexibility index (Phi) is 2.99. The first kappa shape index (κ1) is 9.84. The maximum Gasteiger partial charge on any atom is 0.0651 e. The van der Waals surface area contributed by atoms with E-state index < -0.39 is 9.84 Å². The van der Waals surface area contributed by atoms with Gasteiger partial charge in [-0.15, -0.1) is 5.21 Å². The summed E-state index contributed by atoms with van der Waals surface area (Å²) < 4.78 is 22.2. The van der Waals surface area contributed by atoms with Crippen LogP contribution >= 0.6 is 23.2 Å². The zero-order valence-corrected chi connectivity index (χ0v) is 8.20. The predicted molar refractivity (Wildman–Crippen MR) is 48.8 cm³/mol. The van der Waals surface area contributed by atoms with Crippen molar-refractivity contribution in [1.29, 1.82) is 0 Å². The van der Waals surface area contributed by atoms with Gasteiger partial charge in [0, 0.05) is 9.92 Å². The van der Waals surface area contributed by atoms with Crippen LogP contribution in [-0.4, -0.2) is 8.42 Å². The molecule has 0 bridgehead atoms. The van der Waals surface area contributed by atoms with Crippen LogP contribution < -0.4 is 0 Å². The molecule has 0 spiro atoms. The molecule has 2 nitrogen and oxygen atoms in total. The SMILES string of the molecule is O=S(=O)([CH-]Cl)c1ccc(Cl)cc1. The quantitative estimate of drug-likeness (QED) is 0.723. The molecule has 12 heavy (non-hydrogen) atoms. The second kappa shape index (κ2) is 3.64. The molecule has 0 aromatic heterocycles. The van der Waals surface area contributed by atoms with Crippen LogP contribution in [0.1, 0.15) is 0 Å². The number of benzene rings is 1. The smallest absolute Gasteiger partial charge is 0.0651 e. The van der Waals surface area contributed by atoms with E-state index >= 15 is 0 Å². The fraction of sp³-hybridized carbons (Fsp3) is 0. The van der Waals surface area contributed by atoms with Crippen molar-refractivity contribution in [1.82, 2.24) is 0 Å². The first-order chi connectivity index (χ1) is 5.56. The molecule has 0 aliphatic rings. The minimum atomic E-state index is -3.43. The van der Waals surface area contributed by atoms with E-state index in [0.717, 1.165) is 0 Å². The van der Waals surface area contributed by atoms with Gasteiger partial charge < -0.3 is 11.6 Å². The van der Waals surface area contributed by atoms with Crippen molar-refractivity contribution in [2.45, 2.75) is 4.90 Å². The second-order valence-corrected chi connectivity index (χ2v) is 4.80. The monoisotopic (exact) mass is 223 g/mol. The summed E-state index contributed by atoms with van der Waals surface area (Å²) in [5.74, 6) is 0. The van der Waals surface area contributed by atoms with Gasteiger partial charge in [-0.05, 0) is 24.3 Å². The summed E-state index contributed by atoms with van der Waals surface area (Å²) in [5, 5.41) is 1.12. The van der Waals surface area contributed by atoms with Crippen molar-refractivity contribution >= 4 is 33.0 Å². The Labute approximate surface area is 81.0 Å². The zero-order valence-electron chi connectivity index (χ0n) is 5.87. The molecule has 0 amide bonds. The Morgan fingerprint density at radius 2 is 1.67 bits per heavy atom. The number of sulfone groups is 1. The van der Waals surface area contributed by atoms with Gasteiger partial charge in [-0.25, -0.2) is 0 Å². The molecule has 1 aromatic carbocycles. The summed E-state index contributed by atoms with van der Waals surface area (Å²) in [5.41, 5.74) is 0. The van der Waals surface area contributed by atoms with Crippen LogP contribution in [0.15, 0.2) is 29.2 Å². The minimum absolute atomic E-state index is 0.141. The second-order valence-electron chi connectivity index (χ2n) is 2.09. The van der Waals surface area contributed by atoms with E-state index in [4.69, 9.17) is 23.2 Å². The van der Waals surface area contributed by atoms with E-state index in [2.05, 4.69) is 0 Å². The van der Waals surface area contributed by atoms with Crippen LogP contribution in [0, 0.1) is 5.21 Å². The Morgan fingerprint density at radius 3 is 2.08 bits per heavy atom. The van der Waals surface area contributed by atoms with Gasteiger partial charge in [-0.2, -0.15) is 0 Å². The molecule has 0 fully saturated rings. The molecule has 0 saturated carbocycles. The van der Waals surface area contributed by atoms with Crippen molar-refractivity contribution in [3.63, 3.8) is 0 Å². The van der Waals surface area contributed by atoms with Gasteiger partial charge in [-0.1, -0.05) is 11.6 Å². The van der Waals surface area contributed by atoms with Crippen LogP contribution in [0.25, 0.3) is 0 Å². The van der Waals surface area contributed by atoms with Crippen molar-refractivity contribution < 1.29 is 8.42 Å². The number of halogens is 2. The molecule has 0 unspecified atom stereocenters. The van der Waals surface area contributed by atoms with Crippen molar-refractivity contribution in [3.8, 4) is 0 Å². The average Bonchev–Trinajstić information content (AvgIpc) is 2.05. The van der Waals surface area contributed by atoms with Crippen LogP contribution in [0.2, 0.25) is 5.02 Å². The van der Waals surface area contributed by atoms with Gasteiger partial charge in [0.15, 0.2) is 0 Å². The van der Waals surface area contributed by atoms with Crippen LogP contribution in [-0.2, 0) is 9.84 Å². The third-order valence-corrected chi connectivity index (χ3v) is 3.38. The molecular formula is C7H5Cl2O2S-. The molecule has 0 aliphatic carbocycles. The maximum absolute atomic E-state index is 11.1. The molecule has 0 aliphatic heterocycles. The first-order valence-corrected chi connectivity index (χ1v) is 5.36. The molecule has 0 atom stereocenters. The predicted octanol–water partition coefficient (Wildman–Crippen LogP) is 2.47. The Bertz CT molecular complexity index is 355. The van der Waals surface area contributed by atoms with Gasteiger partial charge in [0.05, 0.1) is 9.84 Å². The zero-order chi connectivity index (χ0) is 9.19. The number of rotatable bonds is 2. The van der Waals surface area contributed by atoms with E-state index in [1.165, 1.54) is 24.3 Å². The van der Waals surface area contributed by atoms with Crippen molar-refractivity contribution in [2.75, 3.05) is 0 Å². The van der Waals surface area contributed by atoms with Crippen LogP contribution in [0.3, 0.4) is 0 Å². The average molecular weight is 224 g/mol. The molecule has 0 saturated heterocycles. The molecule has 1 rings (SSSR count). The first-order valence-electron chi connectivity index (χ1n) is 3.00. The van der Waals surface area contributed by atoms with Gasteiger partial charge in [0.1, 0.15) is 0 Å².